The van der Waals surface area contributed by atoms with E-state index in [4.69, 9.17) is 10.2 Å². The normalized spacial score (nSPS) is 18.5. The number of carbonyl (C=O) groups is 2. The van der Waals surface area contributed by atoms with Crippen molar-refractivity contribution in [1.82, 2.24) is 19.7 Å². The molecular weight excluding hydrogens is 312 g/mol. The van der Waals surface area contributed by atoms with Crippen molar-refractivity contribution in [2.75, 3.05) is 52.4 Å². The first-order chi connectivity index (χ1) is 11.5. The van der Waals surface area contributed by atoms with Gasteiger partial charge in [-0.15, -0.1) is 0 Å². The first-order valence-corrected chi connectivity index (χ1v) is 8.03. The molecule has 0 atom stereocenters. The fraction of sp³-hybridized carbons (Fsp3) is 0.562. The van der Waals surface area contributed by atoms with Gasteiger partial charge in [0.25, 0.3) is 0 Å². The van der Waals surface area contributed by atoms with Crippen LogP contribution in [0.2, 0.25) is 0 Å². The smallest absolute Gasteiger partial charge is 0.317 e. The average molecular weight is 336 g/mol. The van der Waals surface area contributed by atoms with Gasteiger partial charge in [0.2, 0.25) is 0 Å². The van der Waals surface area contributed by atoms with Crippen molar-refractivity contribution >= 4 is 11.9 Å². The summed E-state index contributed by atoms with van der Waals surface area (Å²) in [6.07, 6.45) is 1.75. The highest BCUT2D eigenvalue weighted by atomic mass is 16.4. The van der Waals surface area contributed by atoms with Crippen LogP contribution in [0, 0.1) is 0 Å². The third kappa shape index (κ3) is 6.61. The largest absolute Gasteiger partial charge is 0.480 e. The zero-order valence-corrected chi connectivity index (χ0v) is 13.7. The summed E-state index contributed by atoms with van der Waals surface area (Å²) in [6, 6.07) is 5.76. The summed E-state index contributed by atoms with van der Waals surface area (Å²) in [4.78, 5) is 32.3. The predicted molar refractivity (Wildman–Crippen MR) is 87.7 cm³/mol. The third-order valence-corrected chi connectivity index (χ3v) is 4.03. The first-order valence-electron chi connectivity index (χ1n) is 8.03. The van der Waals surface area contributed by atoms with Gasteiger partial charge < -0.3 is 10.2 Å². The standard InChI is InChI=1S/C16H24N4O4/c21-15(22)12-19-7-5-18(11-14-3-1-2-4-17-14)6-8-20(10-9-19)13-16(23)24/h1-4H,5-13H2,(H,21,22)(H,23,24). The van der Waals surface area contributed by atoms with E-state index in [2.05, 4.69) is 9.88 Å². The van der Waals surface area contributed by atoms with Crippen LogP contribution >= 0.6 is 0 Å². The molecule has 0 unspecified atom stereocenters. The molecule has 1 aliphatic heterocycles. The van der Waals surface area contributed by atoms with E-state index in [1.807, 2.05) is 28.0 Å². The summed E-state index contributed by atoms with van der Waals surface area (Å²) in [6.45, 7) is 4.45. The monoisotopic (exact) mass is 336 g/mol. The molecule has 2 rings (SSSR count). The molecule has 1 fully saturated rings. The Kier molecular flexibility index (Phi) is 7.10. The Balaban J connectivity index is 2.02. The molecule has 132 valence electrons. The van der Waals surface area contributed by atoms with E-state index in [0.29, 0.717) is 32.7 Å². The Morgan fingerprint density at radius 1 is 0.875 bits per heavy atom. The zero-order chi connectivity index (χ0) is 17.4. The molecule has 2 N–H and O–H groups in total. The van der Waals surface area contributed by atoms with Crippen LogP contribution in [-0.2, 0) is 16.1 Å². The van der Waals surface area contributed by atoms with Crippen LogP contribution in [0.25, 0.3) is 0 Å². The van der Waals surface area contributed by atoms with Crippen molar-refractivity contribution in [3.8, 4) is 0 Å². The van der Waals surface area contributed by atoms with Crippen LogP contribution in [-0.4, -0.2) is 94.2 Å². The number of hydrogen-bond donors (Lipinski definition) is 2. The van der Waals surface area contributed by atoms with Gasteiger partial charge in [-0.25, -0.2) is 0 Å². The van der Waals surface area contributed by atoms with Gasteiger partial charge in [0, 0.05) is 52.0 Å². The van der Waals surface area contributed by atoms with Crippen molar-refractivity contribution < 1.29 is 19.8 Å². The highest BCUT2D eigenvalue weighted by Gasteiger charge is 2.19. The maximum atomic E-state index is 11.0. The second-order valence-corrected chi connectivity index (χ2v) is 5.94. The number of hydrogen-bond acceptors (Lipinski definition) is 6. The molecule has 1 aliphatic rings. The van der Waals surface area contributed by atoms with E-state index in [9.17, 15) is 9.59 Å². The zero-order valence-electron chi connectivity index (χ0n) is 13.7. The third-order valence-electron chi connectivity index (χ3n) is 4.03. The fourth-order valence-electron chi connectivity index (χ4n) is 2.76. The van der Waals surface area contributed by atoms with Crippen LogP contribution in [0.1, 0.15) is 5.69 Å². The number of aliphatic carboxylic acids is 2. The van der Waals surface area contributed by atoms with E-state index in [1.165, 1.54) is 0 Å². The molecule has 0 spiro atoms. The number of pyridine rings is 1. The predicted octanol–water partition coefficient (Wildman–Crippen LogP) is -0.330. The minimum Gasteiger partial charge on any atom is -0.480 e. The molecule has 24 heavy (non-hydrogen) atoms. The first kappa shape index (κ1) is 18.3. The summed E-state index contributed by atoms with van der Waals surface area (Å²) in [5.41, 5.74) is 0.950. The second-order valence-electron chi connectivity index (χ2n) is 5.94. The van der Waals surface area contributed by atoms with Gasteiger partial charge in [0.1, 0.15) is 0 Å². The van der Waals surface area contributed by atoms with Gasteiger partial charge in [-0.05, 0) is 12.1 Å². The Bertz CT molecular complexity index is 512. The Labute approximate surface area is 141 Å². The van der Waals surface area contributed by atoms with Crippen molar-refractivity contribution in [3.63, 3.8) is 0 Å². The molecule has 8 nitrogen and oxygen atoms in total. The van der Waals surface area contributed by atoms with Gasteiger partial charge in [-0.3, -0.25) is 29.3 Å². The number of carboxylic acid groups (broad SMARTS) is 2. The average Bonchev–Trinajstić information content (AvgIpc) is 2.61. The molecule has 1 aromatic rings. The molecule has 0 radical (unpaired) electrons. The number of aromatic nitrogens is 1. The summed E-state index contributed by atoms with van der Waals surface area (Å²) >= 11 is 0. The van der Waals surface area contributed by atoms with Gasteiger partial charge in [0.05, 0.1) is 18.8 Å². The van der Waals surface area contributed by atoms with Crippen molar-refractivity contribution in [2.24, 2.45) is 0 Å². The van der Waals surface area contributed by atoms with Gasteiger partial charge in [0.15, 0.2) is 0 Å². The Morgan fingerprint density at radius 2 is 1.38 bits per heavy atom. The summed E-state index contributed by atoms with van der Waals surface area (Å²) in [5.74, 6) is -1.73. The fourth-order valence-corrected chi connectivity index (χ4v) is 2.76. The summed E-state index contributed by atoms with van der Waals surface area (Å²) < 4.78 is 0. The second kappa shape index (κ2) is 9.31. The highest BCUT2D eigenvalue weighted by Crippen LogP contribution is 2.05. The molecule has 0 amide bonds. The number of carboxylic acids is 2. The van der Waals surface area contributed by atoms with Crippen molar-refractivity contribution in [3.05, 3.63) is 30.1 Å². The SMILES string of the molecule is O=C(O)CN1CCN(CC(=O)O)CCN(Cc2ccccn2)CC1. The van der Waals surface area contributed by atoms with Gasteiger partial charge in [-0.2, -0.15) is 0 Å². The molecular formula is C16H24N4O4. The quantitative estimate of drug-likeness (QED) is 0.729. The molecule has 1 aromatic heterocycles. The van der Waals surface area contributed by atoms with Crippen LogP contribution in [0.5, 0.6) is 0 Å². The minimum atomic E-state index is -0.865. The molecule has 2 heterocycles. The Hall–Kier alpha value is -2.03. The minimum absolute atomic E-state index is 0.0294. The lowest BCUT2D eigenvalue weighted by atomic mass is 10.3. The van der Waals surface area contributed by atoms with E-state index in [0.717, 1.165) is 18.8 Å². The van der Waals surface area contributed by atoms with Gasteiger partial charge in [-0.1, -0.05) is 6.07 Å². The molecule has 0 aliphatic carbocycles. The maximum Gasteiger partial charge on any atom is 0.317 e. The van der Waals surface area contributed by atoms with E-state index in [-0.39, 0.29) is 13.1 Å². The summed E-state index contributed by atoms with van der Waals surface area (Å²) in [7, 11) is 0. The van der Waals surface area contributed by atoms with E-state index in [1.54, 1.807) is 6.20 Å². The van der Waals surface area contributed by atoms with Crippen LogP contribution in [0.3, 0.4) is 0 Å². The van der Waals surface area contributed by atoms with Crippen molar-refractivity contribution in [2.45, 2.75) is 6.54 Å². The molecule has 0 aromatic carbocycles. The molecule has 0 bridgehead atoms. The molecule has 0 saturated carbocycles. The van der Waals surface area contributed by atoms with Gasteiger partial charge >= 0.3 is 11.9 Å². The topological polar surface area (TPSA) is 97.2 Å². The van der Waals surface area contributed by atoms with E-state index < -0.39 is 11.9 Å². The van der Waals surface area contributed by atoms with Crippen LogP contribution in [0.15, 0.2) is 24.4 Å². The highest BCUT2D eigenvalue weighted by molar-refractivity contribution is 5.69. The van der Waals surface area contributed by atoms with Crippen LogP contribution in [0.4, 0.5) is 0 Å². The molecule has 8 heteroatoms. The van der Waals surface area contributed by atoms with Crippen LogP contribution < -0.4 is 0 Å². The Morgan fingerprint density at radius 3 is 1.79 bits per heavy atom. The van der Waals surface area contributed by atoms with Crippen molar-refractivity contribution in [1.29, 1.82) is 0 Å². The van der Waals surface area contributed by atoms with E-state index >= 15 is 0 Å². The lowest BCUT2D eigenvalue weighted by Crippen LogP contribution is -2.40. The lowest BCUT2D eigenvalue weighted by Gasteiger charge is -2.24. The molecule has 1 saturated heterocycles. The summed E-state index contributed by atoms with van der Waals surface area (Å²) in [5, 5.41) is 18.1. The number of nitrogens with zero attached hydrogens (tertiary/aromatic N) is 4. The maximum absolute atomic E-state index is 11.0. The number of rotatable bonds is 6. The lowest BCUT2D eigenvalue weighted by molar-refractivity contribution is -0.140.